The number of amides is 2. The van der Waals surface area contributed by atoms with E-state index in [1.54, 1.807) is 37.6 Å². The highest BCUT2D eigenvalue weighted by Crippen LogP contribution is 2.32. The molecule has 5 atom stereocenters. The number of rotatable bonds is 11. The third-order valence-electron chi connectivity index (χ3n) is 8.26. The van der Waals surface area contributed by atoms with Crippen LogP contribution in [0, 0.1) is 23.7 Å². The Morgan fingerprint density at radius 3 is 2.24 bits per heavy atom. The number of benzene rings is 1. The van der Waals surface area contributed by atoms with Gasteiger partial charge < -0.3 is 25.8 Å². The Hall–Kier alpha value is -3.15. The standard InChI is InChI=1S/C34H50N4O6S/c1-19(2)27(35)31(42)44-17-23(21-10-12-22(13-11-21)28-20(3)36-18-45-28)14-26(40)25-15-24(39)16-38(25)30(41)29(33(4,5)6)37-32(43)34(7,8)9/h10-13,18-19,23-25,27,29,39H,14-17,35H2,1-9H3,(H,37,43)/t23?,24?,25?,27-,29?/m0/s1. The number of Topliss-reactive ketones (excluding diaryl/α,β-unsaturated/α-hetero) is 1. The van der Waals surface area contributed by atoms with Crippen LogP contribution in [0.5, 0.6) is 0 Å². The number of aryl methyl sites for hydroxylation is 1. The lowest BCUT2D eigenvalue weighted by Gasteiger charge is -2.37. The quantitative estimate of drug-likeness (QED) is 0.308. The summed E-state index contributed by atoms with van der Waals surface area (Å²) in [5.41, 5.74) is 9.14. The van der Waals surface area contributed by atoms with Crippen molar-refractivity contribution in [1.82, 2.24) is 15.2 Å². The van der Waals surface area contributed by atoms with Gasteiger partial charge in [-0.2, -0.15) is 0 Å². The van der Waals surface area contributed by atoms with Gasteiger partial charge in [0.05, 0.1) is 34.8 Å². The lowest BCUT2D eigenvalue weighted by Crippen LogP contribution is -2.58. The van der Waals surface area contributed by atoms with E-state index in [9.17, 15) is 24.3 Å². The molecule has 4 unspecified atom stereocenters. The van der Waals surface area contributed by atoms with E-state index in [4.69, 9.17) is 10.5 Å². The highest BCUT2D eigenvalue weighted by molar-refractivity contribution is 7.13. The molecular formula is C34H50N4O6S. The number of likely N-dealkylation sites (tertiary alicyclic amines) is 1. The van der Waals surface area contributed by atoms with E-state index >= 15 is 0 Å². The highest BCUT2D eigenvalue weighted by atomic mass is 32.1. The predicted octanol–water partition coefficient (Wildman–Crippen LogP) is 4.23. The second-order valence-corrected chi connectivity index (χ2v) is 15.4. The Bertz CT molecular complexity index is 1360. The van der Waals surface area contributed by atoms with Crippen LogP contribution in [-0.2, 0) is 23.9 Å². The van der Waals surface area contributed by atoms with Crippen LogP contribution < -0.4 is 11.1 Å². The number of nitrogens with two attached hydrogens (primary N) is 1. The van der Waals surface area contributed by atoms with Crippen LogP contribution in [0.2, 0.25) is 0 Å². The molecule has 45 heavy (non-hydrogen) atoms. The Balaban J connectivity index is 1.88. The number of nitrogens with one attached hydrogen (secondary N) is 1. The molecule has 0 radical (unpaired) electrons. The SMILES string of the molecule is Cc1ncsc1-c1ccc(C(COC(=O)[C@@H](N)C(C)C)CC(=O)C2CC(O)CN2C(=O)C(NC(=O)C(C)(C)C)C(C)(C)C)cc1. The number of carbonyl (C=O) groups is 4. The molecule has 4 N–H and O–H groups in total. The topological polar surface area (TPSA) is 152 Å². The first-order valence-corrected chi connectivity index (χ1v) is 16.4. The van der Waals surface area contributed by atoms with E-state index in [0.29, 0.717) is 0 Å². The molecule has 0 saturated carbocycles. The number of hydrogen-bond acceptors (Lipinski definition) is 9. The van der Waals surface area contributed by atoms with E-state index in [1.165, 1.54) is 4.90 Å². The number of aromatic nitrogens is 1. The number of aliphatic hydroxyl groups excluding tert-OH is 1. The van der Waals surface area contributed by atoms with Crippen molar-refractivity contribution >= 4 is 34.9 Å². The van der Waals surface area contributed by atoms with Crippen molar-refractivity contribution in [2.75, 3.05) is 13.2 Å². The summed E-state index contributed by atoms with van der Waals surface area (Å²) in [7, 11) is 0. The number of β-amino-alcohol motifs (C(OH)–C–C–N with tert-alkyl or cyclic N) is 1. The monoisotopic (exact) mass is 642 g/mol. The summed E-state index contributed by atoms with van der Waals surface area (Å²) in [4.78, 5) is 60.3. The summed E-state index contributed by atoms with van der Waals surface area (Å²) in [5, 5.41) is 13.5. The Morgan fingerprint density at radius 1 is 1.11 bits per heavy atom. The maximum Gasteiger partial charge on any atom is 0.323 e. The number of thiazole rings is 1. The first-order valence-electron chi connectivity index (χ1n) is 15.6. The van der Waals surface area contributed by atoms with E-state index in [0.717, 1.165) is 21.7 Å². The van der Waals surface area contributed by atoms with Crippen LogP contribution in [0.4, 0.5) is 0 Å². The van der Waals surface area contributed by atoms with Crippen LogP contribution in [0.1, 0.15) is 85.4 Å². The molecule has 0 aliphatic carbocycles. The van der Waals surface area contributed by atoms with Gasteiger partial charge in [-0.15, -0.1) is 11.3 Å². The molecule has 1 fully saturated rings. The van der Waals surface area contributed by atoms with Crippen LogP contribution in [0.25, 0.3) is 10.4 Å². The maximum atomic E-state index is 14.0. The molecular weight excluding hydrogens is 592 g/mol. The van der Waals surface area contributed by atoms with Crippen LogP contribution in [0.15, 0.2) is 29.8 Å². The molecule has 0 spiro atoms. The molecule has 11 heteroatoms. The summed E-state index contributed by atoms with van der Waals surface area (Å²) in [6, 6.07) is 5.14. The number of ketones is 1. The van der Waals surface area contributed by atoms with Crippen LogP contribution in [0.3, 0.4) is 0 Å². The van der Waals surface area contributed by atoms with Gasteiger partial charge in [0, 0.05) is 30.7 Å². The zero-order valence-corrected chi connectivity index (χ0v) is 28.9. The summed E-state index contributed by atoms with van der Waals surface area (Å²) in [6.45, 7) is 16.4. The van der Waals surface area contributed by atoms with Gasteiger partial charge >= 0.3 is 5.97 Å². The Kier molecular flexibility index (Phi) is 11.7. The third kappa shape index (κ3) is 9.20. The molecule has 10 nitrogen and oxygen atoms in total. The van der Waals surface area contributed by atoms with Gasteiger partial charge in [-0.3, -0.25) is 19.2 Å². The Morgan fingerprint density at radius 2 is 1.73 bits per heavy atom. The van der Waals surface area contributed by atoms with Crippen molar-refractivity contribution in [2.24, 2.45) is 22.5 Å². The van der Waals surface area contributed by atoms with Crippen molar-refractivity contribution in [3.05, 3.63) is 41.0 Å². The normalized spacial score (nSPS) is 19.2. The molecule has 1 aliphatic rings. The molecule has 1 aliphatic heterocycles. The van der Waals surface area contributed by atoms with Gasteiger partial charge in [0.2, 0.25) is 11.8 Å². The number of carbonyl (C=O) groups excluding carboxylic acids is 4. The zero-order chi connectivity index (χ0) is 33.9. The minimum Gasteiger partial charge on any atom is -0.464 e. The van der Waals surface area contributed by atoms with Crippen molar-refractivity contribution in [3.63, 3.8) is 0 Å². The van der Waals surface area contributed by atoms with Crippen molar-refractivity contribution in [1.29, 1.82) is 0 Å². The molecule has 0 bridgehead atoms. The fraction of sp³-hybridized carbons (Fsp3) is 0.618. The average molecular weight is 643 g/mol. The minimum atomic E-state index is -0.901. The molecule has 248 valence electrons. The highest BCUT2D eigenvalue weighted by Gasteiger charge is 2.45. The van der Waals surface area contributed by atoms with E-state index in [2.05, 4.69) is 10.3 Å². The second-order valence-electron chi connectivity index (χ2n) is 14.6. The smallest absolute Gasteiger partial charge is 0.323 e. The van der Waals surface area contributed by atoms with Crippen LogP contribution in [-0.4, -0.2) is 75.9 Å². The van der Waals surface area contributed by atoms with Gasteiger partial charge in [0.15, 0.2) is 5.78 Å². The molecule has 1 aromatic carbocycles. The van der Waals surface area contributed by atoms with E-state index in [-0.39, 0.29) is 43.6 Å². The van der Waals surface area contributed by atoms with Gasteiger partial charge in [0.1, 0.15) is 12.1 Å². The number of ether oxygens (including phenoxy) is 1. The molecule has 2 heterocycles. The molecule has 3 rings (SSSR count). The number of nitrogens with zero attached hydrogens (tertiary/aromatic N) is 2. The van der Waals surface area contributed by atoms with Gasteiger partial charge in [0.25, 0.3) is 0 Å². The summed E-state index contributed by atoms with van der Waals surface area (Å²) < 4.78 is 5.62. The molecule has 1 saturated heterocycles. The number of esters is 1. The summed E-state index contributed by atoms with van der Waals surface area (Å²) >= 11 is 1.54. The molecule has 2 amide bonds. The lowest BCUT2D eigenvalue weighted by molar-refractivity contribution is -0.147. The fourth-order valence-corrected chi connectivity index (χ4v) is 6.02. The van der Waals surface area contributed by atoms with Gasteiger partial charge in [-0.1, -0.05) is 79.7 Å². The van der Waals surface area contributed by atoms with Gasteiger partial charge in [-0.05, 0) is 29.4 Å². The zero-order valence-electron chi connectivity index (χ0n) is 28.0. The molecule has 2 aromatic rings. The summed E-state index contributed by atoms with van der Waals surface area (Å²) in [6.07, 6.45) is -0.828. The van der Waals surface area contributed by atoms with E-state index < -0.39 is 52.9 Å². The number of aliphatic hydroxyl groups is 1. The van der Waals surface area contributed by atoms with E-state index in [1.807, 2.05) is 65.8 Å². The minimum absolute atomic E-state index is 0.0149. The van der Waals surface area contributed by atoms with Crippen LogP contribution >= 0.6 is 11.3 Å². The van der Waals surface area contributed by atoms with Gasteiger partial charge in [-0.25, -0.2) is 4.98 Å². The Labute approximate surface area is 271 Å². The lowest BCUT2D eigenvalue weighted by atomic mass is 9.84. The van der Waals surface area contributed by atoms with Crippen molar-refractivity contribution in [2.45, 2.75) is 105 Å². The van der Waals surface area contributed by atoms with Crippen molar-refractivity contribution in [3.8, 4) is 10.4 Å². The first-order chi connectivity index (χ1) is 20.8. The molecule has 1 aromatic heterocycles. The summed E-state index contributed by atoms with van der Waals surface area (Å²) in [5.74, 6) is -2.12. The fourth-order valence-electron chi connectivity index (χ4n) is 5.21. The predicted molar refractivity (Wildman–Crippen MR) is 175 cm³/mol. The first kappa shape index (κ1) is 36.3. The largest absolute Gasteiger partial charge is 0.464 e. The maximum absolute atomic E-state index is 14.0. The second kappa shape index (κ2) is 14.5. The third-order valence-corrected chi connectivity index (χ3v) is 9.24. The number of hydrogen-bond donors (Lipinski definition) is 3. The van der Waals surface area contributed by atoms with Crippen molar-refractivity contribution < 1.29 is 29.0 Å². The average Bonchev–Trinajstić information content (AvgIpc) is 3.56.